The molecule has 0 spiro atoms. The number of anilines is 1. The highest BCUT2D eigenvalue weighted by molar-refractivity contribution is 8.07. The third-order valence-corrected chi connectivity index (χ3v) is 5.25. The van der Waals surface area contributed by atoms with Crippen LogP contribution in [0.5, 0.6) is 0 Å². The van der Waals surface area contributed by atoms with Crippen LogP contribution in [0.4, 0.5) is 5.82 Å². The number of hydrogen-bond acceptors (Lipinski definition) is 8. The summed E-state index contributed by atoms with van der Waals surface area (Å²) in [6.07, 6.45) is -0.525. The van der Waals surface area contributed by atoms with Crippen molar-refractivity contribution < 1.29 is 23.4 Å². The molecule has 1 aromatic heterocycles. The Morgan fingerprint density at radius 2 is 2.22 bits per heavy atom. The Bertz CT molecular complexity index is 656. The minimum Gasteiger partial charge on any atom is -0.383 e. The van der Waals surface area contributed by atoms with Gasteiger partial charge in [0.15, 0.2) is 6.23 Å². The maximum absolute atomic E-state index is 12.0. The lowest BCUT2D eigenvalue weighted by molar-refractivity contribution is -0.0538. The van der Waals surface area contributed by atoms with E-state index in [4.69, 9.17) is 36.1 Å². The van der Waals surface area contributed by atoms with E-state index in [2.05, 4.69) is 4.98 Å². The Labute approximate surface area is 138 Å². The van der Waals surface area contributed by atoms with Crippen molar-refractivity contribution in [3.8, 4) is 0 Å². The van der Waals surface area contributed by atoms with Crippen LogP contribution < -0.4 is 11.4 Å². The van der Waals surface area contributed by atoms with Crippen LogP contribution in [0, 0.1) is 0 Å². The average Bonchev–Trinajstić information content (AvgIpc) is 2.84. The highest BCUT2D eigenvalue weighted by Gasteiger charge is 2.48. The molecule has 5 atom stereocenters. The third-order valence-electron chi connectivity index (χ3n) is 3.57. The van der Waals surface area contributed by atoms with Gasteiger partial charge in [-0.3, -0.25) is 9.09 Å². The topological polar surface area (TPSA) is 118 Å². The molecule has 1 aliphatic rings. The Kier molecular flexibility index (Phi) is 5.90. The molecule has 11 heteroatoms. The van der Waals surface area contributed by atoms with E-state index in [1.165, 1.54) is 31.0 Å². The van der Waals surface area contributed by atoms with Crippen LogP contribution >= 0.6 is 6.72 Å². The summed E-state index contributed by atoms with van der Waals surface area (Å²) in [5.74, 6) is 0.114. The highest BCUT2D eigenvalue weighted by atomic mass is 32.5. The van der Waals surface area contributed by atoms with Crippen LogP contribution in [0.1, 0.15) is 19.6 Å². The largest absolute Gasteiger partial charge is 0.383 e. The number of nitrogens with zero attached hydrogens (tertiary/aromatic N) is 2. The first-order valence-electron chi connectivity index (χ1n) is 6.92. The van der Waals surface area contributed by atoms with E-state index in [1.54, 1.807) is 0 Å². The molecule has 1 aliphatic heterocycles. The second-order valence-electron chi connectivity index (χ2n) is 4.94. The molecule has 2 rings (SSSR count). The van der Waals surface area contributed by atoms with Gasteiger partial charge in [-0.2, -0.15) is 4.98 Å². The van der Waals surface area contributed by atoms with Crippen LogP contribution in [0.15, 0.2) is 17.1 Å². The van der Waals surface area contributed by atoms with Crippen molar-refractivity contribution in [3.63, 3.8) is 0 Å². The zero-order chi connectivity index (χ0) is 17.2. The van der Waals surface area contributed by atoms with Gasteiger partial charge < -0.3 is 24.6 Å². The van der Waals surface area contributed by atoms with Gasteiger partial charge in [0.2, 0.25) is 0 Å². The van der Waals surface area contributed by atoms with Gasteiger partial charge in [0.05, 0.1) is 6.10 Å². The van der Waals surface area contributed by atoms with E-state index in [-0.39, 0.29) is 5.82 Å². The lowest BCUT2D eigenvalue weighted by Gasteiger charge is -2.26. The van der Waals surface area contributed by atoms with E-state index in [0.29, 0.717) is 6.42 Å². The van der Waals surface area contributed by atoms with Crippen molar-refractivity contribution in [1.82, 2.24) is 9.55 Å². The molecule has 9 nitrogen and oxygen atoms in total. The summed E-state index contributed by atoms with van der Waals surface area (Å²) in [5, 5.41) is 0. The first-order valence-corrected chi connectivity index (χ1v) is 9.52. The lowest BCUT2D eigenvalue weighted by Crippen LogP contribution is -2.38. The van der Waals surface area contributed by atoms with Gasteiger partial charge >= 0.3 is 12.4 Å². The Morgan fingerprint density at radius 3 is 2.74 bits per heavy atom. The fourth-order valence-electron chi connectivity index (χ4n) is 2.45. The van der Waals surface area contributed by atoms with Crippen molar-refractivity contribution >= 4 is 24.3 Å². The summed E-state index contributed by atoms with van der Waals surface area (Å²) in [6, 6.07) is 1.48. The van der Waals surface area contributed by atoms with Gasteiger partial charge in [0.1, 0.15) is 18.0 Å². The molecule has 0 radical (unpaired) electrons. The van der Waals surface area contributed by atoms with Crippen molar-refractivity contribution in [2.45, 2.75) is 37.9 Å². The minimum atomic E-state index is -3.41. The molecule has 23 heavy (non-hydrogen) atoms. The number of nitrogen functional groups attached to an aromatic ring is 1. The molecule has 2 unspecified atom stereocenters. The zero-order valence-electron chi connectivity index (χ0n) is 13.0. The molecular formula is C12H20N3O6PS. The molecule has 1 saturated heterocycles. The van der Waals surface area contributed by atoms with E-state index < -0.39 is 36.9 Å². The van der Waals surface area contributed by atoms with Crippen LogP contribution in [0.3, 0.4) is 0 Å². The number of ether oxygens (including phenoxy) is 2. The fraction of sp³-hybridized carbons (Fsp3) is 0.667. The van der Waals surface area contributed by atoms with E-state index >= 15 is 0 Å². The maximum atomic E-state index is 12.0. The lowest BCUT2D eigenvalue weighted by atomic mass is 10.1. The van der Waals surface area contributed by atoms with E-state index in [1.807, 2.05) is 6.92 Å². The van der Waals surface area contributed by atoms with Gasteiger partial charge in [0.25, 0.3) is 0 Å². The van der Waals surface area contributed by atoms with Crippen molar-refractivity contribution in [3.05, 3.63) is 22.7 Å². The average molecular weight is 365 g/mol. The molecule has 0 saturated carbocycles. The summed E-state index contributed by atoms with van der Waals surface area (Å²) < 4.78 is 22.9. The number of aromatic nitrogens is 2. The van der Waals surface area contributed by atoms with Crippen molar-refractivity contribution in [2.75, 3.05) is 20.0 Å². The summed E-state index contributed by atoms with van der Waals surface area (Å²) in [4.78, 5) is 25.6. The molecule has 0 aliphatic carbocycles. The molecule has 2 heterocycles. The van der Waals surface area contributed by atoms with Crippen molar-refractivity contribution in [1.29, 1.82) is 0 Å². The third kappa shape index (κ3) is 3.97. The zero-order valence-corrected chi connectivity index (χ0v) is 14.7. The molecule has 130 valence electrons. The number of nitrogens with two attached hydrogens (primary N) is 1. The Hall–Kier alpha value is -0.870. The van der Waals surface area contributed by atoms with Gasteiger partial charge in [-0.05, 0) is 24.3 Å². The SMILES string of the molecule is CC[C@H]1O[C@@H](n2ccc(N)nc2=O)C(OC)[C@H]1OP(O)(=S)OC. The second kappa shape index (κ2) is 7.35. The standard InChI is InChI=1S/C12H20N3O6PS/c1-4-7-9(21-22(17,23)19-3)10(18-2)11(20-7)15-6-5-8(13)14-12(15)16/h5-7,9-11H,4H2,1-3H3,(H,17,23)(H2,13,14,16)/t7-,9+,10?,11-,22?/m1/s1. The van der Waals surface area contributed by atoms with Gasteiger partial charge in [-0.1, -0.05) is 6.92 Å². The fourth-order valence-corrected chi connectivity index (χ4v) is 3.40. The number of hydrogen-bond donors (Lipinski definition) is 2. The molecule has 0 aromatic carbocycles. The monoisotopic (exact) mass is 365 g/mol. The van der Waals surface area contributed by atoms with Crippen LogP contribution in [-0.4, -0.2) is 47.0 Å². The van der Waals surface area contributed by atoms with E-state index in [0.717, 1.165) is 0 Å². The maximum Gasteiger partial charge on any atom is 0.351 e. The van der Waals surface area contributed by atoms with Crippen LogP contribution in [0.2, 0.25) is 0 Å². The van der Waals surface area contributed by atoms with Crippen molar-refractivity contribution in [2.24, 2.45) is 0 Å². The molecule has 0 bridgehead atoms. The quantitative estimate of drug-likeness (QED) is 0.690. The van der Waals surface area contributed by atoms with Gasteiger partial charge in [-0.15, -0.1) is 0 Å². The summed E-state index contributed by atoms with van der Waals surface area (Å²) in [7, 11) is 2.73. The smallest absolute Gasteiger partial charge is 0.351 e. The normalized spacial score (nSPS) is 30.3. The summed E-state index contributed by atoms with van der Waals surface area (Å²) >= 11 is 4.89. The minimum absolute atomic E-state index is 0.114. The number of rotatable bonds is 6. The predicted octanol–water partition coefficient (Wildman–Crippen LogP) is 0.396. The molecular weight excluding hydrogens is 345 g/mol. The molecule has 0 amide bonds. The Morgan fingerprint density at radius 1 is 1.52 bits per heavy atom. The molecule has 1 fully saturated rings. The first-order chi connectivity index (χ1) is 10.8. The van der Waals surface area contributed by atoms with Crippen LogP contribution in [-0.2, 0) is 30.3 Å². The molecule has 1 aromatic rings. The Balaban J connectivity index is 2.35. The first kappa shape index (κ1) is 18.5. The number of methoxy groups -OCH3 is 1. The predicted molar refractivity (Wildman–Crippen MR) is 86.3 cm³/mol. The summed E-state index contributed by atoms with van der Waals surface area (Å²) in [5.41, 5.74) is 4.93. The van der Waals surface area contributed by atoms with Crippen LogP contribution in [0.25, 0.3) is 0 Å². The summed E-state index contributed by atoms with van der Waals surface area (Å²) in [6.45, 7) is -1.53. The van der Waals surface area contributed by atoms with Gasteiger partial charge in [-0.25, -0.2) is 4.79 Å². The second-order valence-corrected chi connectivity index (χ2v) is 7.83. The molecule has 3 N–H and O–H groups in total. The highest BCUT2D eigenvalue weighted by Crippen LogP contribution is 2.48. The van der Waals surface area contributed by atoms with Gasteiger partial charge in [0, 0.05) is 20.4 Å². The van der Waals surface area contributed by atoms with E-state index in [9.17, 15) is 9.69 Å².